The Labute approximate surface area is 127 Å². The molecule has 1 aliphatic heterocycles. The van der Waals surface area contributed by atoms with E-state index in [2.05, 4.69) is 34.5 Å². The Balaban J connectivity index is 1.57. The van der Waals surface area contributed by atoms with Crippen LogP contribution in [0.2, 0.25) is 0 Å². The molecule has 1 N–H and O–H groups in total. The predicted molar refractivity (Wildman–Crippen MR) is 84.8 cm³/mol. The number of rotatable bonds is 5. The monoisotopic (exact) mass is 286 g/mol. The fraction of sp³-hybridized carbons (Fsp3) is 0.611. The van der Waals surface area contributed by atoms with Gasteiger partial charge in [0.2, 0.25) is 5.91 Å². The number of nitrogens with zero attached hydrogens (tertiary/aromatic N) is 1. The van der Waals surface area contributed by atoms with Crippen LogP contribution in [0.15, 0.2) is 24.3 Å². The van der Waals surface area contributed by atoms with Crippen LogP contribution in [0, 0.1) is 5.92 Å². The first kappa shape index (κ1) is 14.6. The van der Waals surface area contributed by atoms with Crippen molar-refractivity contribution in [3.8, 4) is 0 Å². The molecule has 1 aromatic rings. The summed E-state index contributed by atoms with van der Waals surface area (Å²) in [6.45, 7) is 4.13. The van der Waals surface area contributed by atoms with Gasteiger partial charge in [-0.1, -0.05) is 37.1 Å². The summed E-state index contributed by atoms with van der Waals surface area (Å²) in [6.07, 6.45) is 7.21. The molecule has 2 aliphatic rings. The zero-order chi connectivity index (χ0) is 14.5. The molecular weight excluding hydrogens is 260 g/mol. The second-order valence-electron chi connectivity index (χ2n) is 6.45. The Bertz CT molecular complexity index is 474. The van der Waals surface area contributed by atoms with Gasteiger partial charge in [0, 0.05) is 19.0 Å². The molecule has 1 saturated heterocycles. The molecule has 1 amide bonds. The maximum Gasteiger partial charge on any atom is 0.223 e. The maximum atomic E-state index is 12.2. The van der Waals surface area contributed by atoms with Gasteiger partial charge in [-0.3, -0.25) is 9.69 Å². The van der Waals surface area contributed by atoms with E-state index in [1.807, 2.05) is 0 Å². The quantitative estimate of drug-likeness (QED) is 0.902. The molecule has 0 aromatic heterocycles. The predicted octanol–water partition coefficient (Wildman–Crippen LogP) is 3.09. The van der Waals surface area contributed by atoms with E-state index in [1.165, 1.54) is 49.9 Å². The highest BCUT2D eigenvalue weighted by molar-refractivity contribution is 5.78. The van der Waals surface area contributed by atoms with Crippen LogP contribution in [0.5, 0.6) is 0 Å². The summed E-state index contributed by atoms with van der Waals surface area (Å²) in [5.74, 6) is 0.513. The summed E-state index contributed by atoms with van der Waals surface area (Å²) in [4.78, 5) is 14.7. The van der Waals surface area contributed by atoms with Gasteiger partial charge >= 0.3 is 0 Å². The zero-order valence-corrected chi connectivity index (χ0v) is 12.8. The number of benzene rings is 1. The Hall–Kier alpha value is -1.35. The third-order valence-corrected chi connectivity index (χ3v) is 4.89. The number of carbonyl (C=O) groups is 1. The highest BCUT2D eigenvalue weighted by atomic mass is 16.1. The zero-order valence-electron chi connectivity index (χ0n) is 12.8. The van der Waals surface area contributed by atoms with Crippen LogP contribution in [-0.2, 0) is 17.9 Å². The third kappa shape index (κ3) is 3.85. The topological polar surface area (TPSA) is 32.3 Å². The van der Waals surface area contributed by atoms with Gasteiger partial charge in [0.25, 0.3) is 0 Å². The molecule has 1 saturated carbocycles. The molecule has 0 spiro atoms. The van der Waals surface area contributed by atoms with Crippen LogP contribution in [0.4, 0.5) is 0 Å². The minimum atomic E-state index is 0.253. The van der Waals surface area contributed by atoms with Crippen LogP contribution < -0.4 is 5.32 Å². The van der Waals surface area contributed by atoms with Crippen molar-refractivity contribution in [3.05, 3.63) is 35.4 Å². The lowest BCUT2D eigenvalue weighted by Gasteiger charge is -2.18. The van der Waals surface area contributed by atoms with E-state index in [0.29, 0.717) is 6.54 Å². The third-order valence-electron chi connectivity index (χ3n) is 4.89. The van der Waals surface area contributed by atoms with E-state index in [9.17, 15) is 4.79 Å². The smallest absolute Gasteiger partial charge is 0.223 e. The van der Waals surface area contributed by atoms with Crippen LogP contribution in [0.25, 0.3) is 0 Å². The molecule has 2 fully saturated rings. The van der Waals surface area contributed by atoms with Crippen molar-refractivity contribution >= 4 is 5.91 Å². The Morgan fingerprint density at radius 2 is 1.71 bits per heavy atom. The van der Waals surface area contributed by atoms with Gasteiger partial charge in [-0.25, -0.2) is 0 Å². The number of nitrogens with one attached hydrogen (secondary N) is 1. The average Bonchev–Trinajstić information content (AvgIpc) is 3.19. The van der Waals surface area contributed by atoms with Gasteiger partial charge in [-0.2, -0.15) is 0 Å². The summed E-state index contributed by atoms with van der Waals surface area (Å²) >= 11 is 0. The van der Waals surface area contributed by atoms with E-state index in [-0.39, 0.29) is 11.8 Å². The molecule has 0 bridgehead atoms. The van der Waals surface area contributed by atoms with Crippen molar-refractivity contribution in [3.63, 3.8) is 0 Å². The lowest BCUT2D eigenvalue weighted by atomic mass is 10.1. The van der Waals surface area contributed by atoms with Crippen LogP contribution >= 0.6 is 0 Å². The molecule has 3 nitrogen and oxygen atoms in total. The standard InChI is InChI=1S/C18H26N2O/c21-18(15-7-1-2-8-15)19-13-16-9-3-4-10-17(16)14-20-11-5-6-12-20/h3-4,9-10,15H,1-2,5-8,11-14H2,(H,19,21). The summed E-state index contributed by atoms with van der Waals surface area (Å²) < 4.78 is 0. The first-order valence-electron chi connectivity index (χ1n) is 8.40. The highest BCUT2D eigenvalue weighted by Crippen LogP contribution is 2.25. The molecule has 0 unspecified atom stereocenters. The number of likely N-dealkylation sites (tertiary alicyclic amines) is 1. The molecule has 3 heteroatoms. The lowest BCUT2D eigenvalue weighted by Crippen LogP contribution is -2.29. The molecule has 114 valence electrons. The van der Waals surface area contributed by atoms with Crippen molar-refractivity contribution in [1.29, 1.82) is 0 Å². The molecule has 0 radical (unpaired) electrons. The van der Waals surface area contributed by atoms with Crippen molar-refractivity contribution < 1.29 is 4.79 Å². The van der Waals surface area contributed by atoms with E-state index in [0.717, 1.165) is 19.4 Å². The van der Waals surface area contributed by atoms with Crippen LogP contribution in [0.1, 0.15) is 49.7 Å². The largest absolute Gasteiger partial charge is 0.352 e. The van der Waals surface area contributed by atoms with Crippen LogP contribution in [0.3, 0.4) is 0 Å². The van der Waals surface area contributed by atoms with Crippen molar-refractivity contribution in [2.75, 3.05) is 13.1 Å². The molecule has 0 atom stereocenters. The summed E-state index contributed by atoms with van der Waals surface area (Å²) in [6, 6.07) is 8.54. The van der Waals surface area contributed by atoms with Crippen molar-refractivity contribution in [2.45, 2.75) is 51.6 Å². The van der Waals surface area contributed by atoms with Crippen molar-refractivity contribution in [1.82, 2.24) is 10.2 Å². The second-order valence-corrected chi connectivity index (χ2v) is 6.45. The van der Waals surface area contributed by atoms with Gasteiger partial charge in [-0.05, 0) is 49.9 Å². The molecule has 3 rings (SSSR count). The Morgan fingerprint density at radius 3 is 2.43 bits per heavy atom. The number of hydrogen-bond donors (Lipinski definition) is 1. The minimum Gasteiger partial charge on any atom is -0.352 e. The maximum absolute atomic E-state index is 12.2. The number of hydrogen-bond acceptors (Lipinski definition) is 2. The first-order valence-corrected chi connectivity index (χ1v) is 8.40. The highest BCUT2D eigenvalue weighted by Gasteiger charge is 2.22. The number of carbonyl (C=O) groups excluding carboxylic acids is 1. The van der Waals surface area contributed by atoms with E-state index in [4.69, 9.17) is 0 Å². The fourth-order valence-corrected chi connectivity index (χ4v) is 3.58. The lowest BCUT2D eigenvalue weighted by molar-refractivity contribution is -0.124. The van der Waals surface area contributed by atoms with Crippen molar-refractivity contribution in [2.24, 2.45) is 5.92 Å². The van der Waals surface area contributed by atoms with E-state index < -0.39 is 0 Å². The van der Waals surface area contributed by atoms with E-state index in [1.54, 1.807) is 0 Å². The molecule has 21 heavy (non-hydrogen) atoms. The summed E-state index contributed by atoms with van der Waals surface area (Å²) in [7, 11) is 0. The van der Waals surface area contributed by atoms with Gasteiger partial charge in [-0.15, -0.1) is 0 Å². The van der Waals surface area contributed by atoms with Gasteiger partial charge < -0.3 is 5.32 Å². The molecular formula is C18H26N2O. The first-order chi connectivity index (χ1) is 10.3. The van der Waals surface area contributed by atoms with Gasteiger partial charge in [0.15, 0.2) is 0 Å². The number of amides is 1. The van der Waals surface area contributed by atoms with Gasteiger partial charge in [0.1, 0.15) is 0 Å². The van der Waals surface area contributed by atoms with E-state index >= 15 is 0 Å². The SMILES string of the molecule is O=C(NCc1ccccc1CN1CCCC1)C1CCCC1. The Morgan fingerprint density at radius 1 is 1.05 bits per heavy atom. The Kier molecular flexibility index (Phi) is 4.91. The summed E-state index contributed by atoms with van der Waals surface area (Å²) in [5, 5.41) is 3.15. The molecule has 1 heterocycles. The normalized spacial score (nSPS) is 20.0. The molecule has 1 aliphatic carbocycles. The summed E-state index contributed by atoms with van der Waals surface area (Å²) in [5.41, 5.74) is 2.64. The molecule has 1 aromatic carbocycles. The van der Waals surface area contributed by atoms with Gasteiger partial charge in [0.05, 0.1) is 0 Å². The minimum absolute atomic E-state index is 0.253. The van der Waals surface area contributed by atoms with Crippen LogP contribution in [-0.4, -0.2) is 23.9 Å². The fourth-order valence-electron chi connectivity index (χ4n) is 3.58. The second kappa shape index (κ2) is 7.08. The average molecular weight is 286 g/mol.